The first-order valence-corrected chi connectivity index (χ1v) is 7.72. The highest BCUT2D eigenvalue weighted by Crippen LogP contribution is 2.37. The Hall–Kier alpha value is -1.78. The van der Waals surface area contributed by atoms with Crippen LogP contribution in [0.3, 0.4) is 0 Å². The number of nitrogens with one attached hydrogen (secondary N) is 1. The zero-order valence-electron chi connectivity index (χ0n) is 12.1. The fourth-order valence-corrected chi connectivity index (χ4v) is 3.57. The molecule has 1 aromatic heterocycles. The molecule has 0 bridgehead atoms. The first-order chi connectivity index (χ1) is 10.1. The van der Waals surface area contributed by atoms with Crippen LogP contribution in [0.5, 0.6) is 0 Å². The average Bonchev–Trinajstić information content (AvgIpc) is 3.04. The number of methoxy groups -OCH3 is 1. The van der Waals surface area contributed by atoms with Crippen LogP contribution in [0.2, 0.25) is 0 Å². The largest absolute Gasteiger partial charge is 0.462 e. The second-order valence-electron chi connectivity index (χ2n) is 4.84. The van der Waals surface area contributed by atoms with Gasteiger partial charge in [0, 0.05) is 7.11 Å². The summed E-state index contributed by atoms with van der Waals surface area (Å²) in [5, 5.41) is 13.2. The van der Waals surface area contributed by atoms with Gasteiger partial charge in [0.25, 0.3) is 0 Å². The van der Waals surface area contributed by atoms with Gasteiger partial charge in [0.2, 0.25) is 0 Å². The molecule has 1 aliphatic rings. The molecule has 6 nitrogen and oxygen atoms in total. The average molecular weight is 309 g/mol. The van der Waals surface area contributed by atoms with Crippen molar-refractivity contribution in [2.75, 3.05) is 24.8 Å². The van der Waals surface area contributed by atoms with Gasteiger partial charge in [0.1, 0.15) is 21.5 Å². The van der Waals surface area contributed by atoms with Crippen molar-refractivity contribution < 1.29 is 14.3 Å². The Balaban J connectivity index is 2.25. The highest BCUT2D eigenvalue weighted by atomic mass is 32.1. The molecule has 1 saturated carbocycles. The van der Waals surface area contributed by atoms with E-state index in [-0.39, 0.29) is 29.3 Å². The van der Waals surface area contributed by atoms with Crippen LogP contribution in [0.15, 0.2) is 0 Å². The van der Waals surface area contributed by atoms with Crippen LogP contribution in [-0.4, -0.2) is 31.8 Å². The number of hydrogen-bond acceptors (Lipinski definition) is 7. The van der Waals surface area contributed by atoms with Gasteiger partial charge in [0.05, 0.1) is 24.4 Å². The van der Waals surface area contributed by atoms with Crippen molar-refractivity contribution in [3.05, 3.63) is 10.4 Å². The summed E-state index contributed by atoms with van der Waals surface area (Å²) in [6.07, 6.45) is 3.15. The van der Waals surface area contributed by atoms with Crippen molar-refractivity contribution in [1.82, 2.24) is 0 Å². The summed E-state index contributed by atoms with van der Waals surface area (Å²) >= 11 is 1.17. The molecule has 21 heavy (non-hydrogen) atoms. The minimum absolute atomic E-state index is 0.117. The number of carbonyl (C=O) groups excluding carboxylic acids is 1. The highest BCUT2D eigenvalue weighted by molar-refractivity contribution is 7.18. The van der Waals surface area contributed by atoms with Gasteiger partial charge in [-0.25, -0.2) is 4.79 Å². The van der Waals surface area contributed by atoms with E-state index >= 15 is 0 Å². The normalized spacial score (nSPS) is 21.0. The van der Waals surface area contributed by atoms with Gasteiger partial charge in [-0.3, -0.25) is 0 Å². The van der Waals surface area contributed by atoms with E-state index in [2.05, 4.69) is 11.4 Å². The van der Waals surface area contributed by atoms with Crippen molar-refractivity contribution >= 4 is 28.0 Å². The van der Waals surface area contributed by atoms with Gasteiger partial charge in [-0.15, -0.1) is 11.3 Å². The third-order valence-electron chi connectivity index (χ3n) is 3.59. The minimum atomic E-state index is -0.487. The molecule has 7 heteroatoms. The maximum Gasteiger partial charge on any atom is 0.350 e. The molecule has 0 radical (unpaired) electrons. The molecule has 2 unspecified atom stereocenters. The third kappa shape index (κ3) is 3.12. The molecule has 114 valence electrons. The van der Waals surface area contributed by atoms with Crippen molar-refractivity contribution in [1.29, 1.82) is 5.26 Å². The monoisotopic (exact) mass is 309 g/mol. The summed E-state index contributed by atoms with van der Waals surface area (Å²) in [5.74, 6) is -0.487. The number of nitrogen functional groups attached to an aromatic ring is 1. The Morgan fingerprint density at radius 1 is 1.57 bits per heavy atom. The van der Waals surface area contributed by atoms with Crippen LogP contribution in [0, 0.1) is 11.3 Å². The van der Waals surface area contributed by atoms with Crippen LogP contribution in [-0.2, 0) is 9.47 Å². The van der Waals surface area contributed by atoms with E-state index in [1.165, 1.54) is 11.3 Å². The number of nitrogens with zero attached hydrogens (tertiary/aromatic N) is 1. The van der Waals surface area contributed by atoms with Gasteiger partial charge in [-0.05, 0) is 26.2 Å². The quantitative estimate of drug-likeness (QED) is 0.810. The van der Waals surface area contributed by atoms with Gasteiger partial charge < -0.3 is 20.5 Å². The number of carbonyl (C=O) groups is 1. The number of nitriles is 1. The van der Waals surface area contributed by atoms with Crippen molar-refractivity contribution in [2.24, 2.45) is 0 Å². The zero-order valence-corrected chi connectivity index (χ0v) is 13.0. The summed E-state index contributed by atoms with van der Waals surface area (Å²) in [6.45, 7) is 2.00. The molecule has 1 fully saturated rings. The van der Waals surface area contributed by atoms with Gasteiger partial charge in [-0.2, -0.15) is 5.26 Å². The maximum atomic E-state index is 11.9. The molecule has 1 aliphatic carbocycles. The number of anilines is 2. The van der Waals surface area contributed by atoms with Gasteiger partial charge in [-0.1, -0.05) is 0 Å². The third-order valence-corrected chi connectivity index (χ3v) is 4.71. The lowest BCUT2D eigenvalue weighted by Gasteiger charge is -2.19. The van der Waals surface area contributed by atoms with Crippen LogP contribution in [0.4, 0.5) is 10.7 Å². The van der Waals surface area contributed by atoms with Crippen LogP contribution < -0.4 is 11.1 Å². The predicted molar refractivity (Wildman–Crippen MR) is 81.5 cm³/mol. The molecule has 3 N–H and O–H groups in total. The molecule has 1 aromatic rings. The van der Waals surface area contributed by atoms with Crippen LogP contribution >= 0.6 is 11.3 Å². The summed E-state index contributed by atoms with van der Waals surface area (Å²) in [5.41, 5.74) is 6.40. The van der Waals surface area contributed by atoms with E-state index in [0.717, 1.165) is 19.3 Å². The molecule has 0 saturated heterocycles. The fourth-order valence-electron chi connectivity index (χ4n) is 2.55. The standard InChI is InChI=1S/C14H19N3O3S/c1-3-20-14(18)12-11(16)8(7-15)13(21-12)17-9-5-4-6-10(9)19-2/h9-10,17H,3-6,16H2,1-2H3. The number of ether oxygens (including phenoxy) is 2. The lowest BCUT2D eigenvalue weighted by atomic mass is 10.2. The Morgan fingerprint density at radius 3 is 2.95 bits per heavy atom. The molecular weight excluding hydrogens is 290 g/mol. The second-order valence-corrected chi connectivity index (χ2v) is 5.86. The van der Waals surface area contributed by atoms with E-state index in [9.17, 15) is 10.1 Å². The zero-order chi connectivity index (χ0) is 15.4. The summed E-state index contributed by atoms with van der Waals surface area (Å²) < 4.78 is 10.4. The van der Waals surface area contributed by atoms with Gasteiger partial charge in [0.15, 0.2) is 0 Å². The van der Waals surface area contributed by atoms with Crippen LogP contribution in [0.1, 0.15) is 41.4 Å². The number of thiophene rings is 1. The lowest BCUT2D eigenvalue weighted by Crippen LogP contribution is -2.29. The summed E-state index contributed by atoms with van der Waals surface area (Å²) in [4.78, 5) is 12.1. The van der Waals surface area contributed by atoms with Crippen molar-refractivity contribution in [2.45, 2.75) is 38.3 Å². The Bertz CT molecular complexity index is 565. The molecule has 0 spiro atoms. The van der Waals surface area contributed by atoms with Gasteiger partial charge >= 0.3 is 5.97 Å². The SMILES string of the molecule is CCOC(=O)c1sc(NC2CCCC2OC)c(C#N)c1N. The summed E-state index contributed by atoms with van der Waals surface area (Å²) in [6, 6.07) is 2.20. The van der Waals surface area contributed by atoms with E-state index in [1.54, 1.807) is 14.0 Å². The molecule has 0 amide bonds. The van der Waals surface area contributed by atoms with E-state index in [0.29, 0.717) is 10.6 Å². The van der Waals surface area contributed by atoms with E-state index in [4.69, 9.17) is 15.2 Å². The number of nitrogens with two attached hydrogens (primary N) is 1. The van der Waals surface area contributed by atoms with E-state index < -0.39 is 5.97 Å². The predicted octanol–water partition coefficient (Wildman–Crippen LogP) is 2.36. The number of esters is 1. The maximum absolute atomic E-state index is 11.9. The Labute approximate surface area is 127 Å². The van der Waals surface area contributed by atoms with Crippen molar-refractivity contribution in [3.8, 4) is 6.07 Å². The smallest absolute Gasteiger partial charge is 0.350 e. The van der Waals surface area contributed by atoms with Crippen LogP contribution in [0.25, 0.3) is 0 Å². The molecule has 0 aliphatic heterocycles. The fraction of sp³-hybridized carbons (Fsp3) is 0.571. The first kappa shape index (κ1) is 15.6. The lowest BCUT2D eigenvalue weighted by molar-refractivity contribution is 0.0533. The van der Waals surface area contributed by atoms with E-state index in [1.807, 2.05) is 0 Å². The van der Waals surface area contributed by atoms with Crippen molar-refractivity contribution in [3.63, 3.8) is 0 Å². The topological polar surface area (TPSA) is 97.4 Å². The highest BCUT2D eigenvalue weighted by Gasteiger charge is 2.30. The molecule has 1 heterocycles. The molecular formula is C14H19N3O3S. The first-order valence-electron chi connectivity index (χ1n) is 6.91. The molecule has 0 aromatic carbocycles. The Morgan fingerprint density at radius 2 is 2.33 bits per heavy atom. The molecule has 2 atom stereocenters. The number of hydrogen-bond donors (Lipinski definition) is 2. The molecule has 2 rings (SSSR count). The second kappa shape index (κ2) is 6.78. The Kier molecular flexibility index (Phi) is 5.04. The summed E-state index contributed by atoms with van der Waals surface area (Å²) in [7, 11) is 1.68. The minimum Gasteiger partial charge on any atom is -0.462 e. The number of rotatable bonds is 5.